The van der Waals surface area contributed by atoms with Crippen molar-refractivity contribution in [2.24, 2.45) is 0 Å². The number of para-hydroxylation sites is 2. The summed E-state index contributed by atoms with van der Waals surface area (Å²) < 4.78 is 0. The first kappa shape index (κ1) is 15.3. The van der Waals surface area contributed by atoms with Crippen LogP contribution in [0.5, 0.6) is 0 Å². The molecule has 0 unspecified atom stereocenters. The number of benzene rings is 2. The fraction of sp³-hybridized carbons (Fsp3) is 0.263. The van der Waals surface area contributed by atoms with E-state index in [2.05, 4.69) is 6.07 Å². The Hall–Kier alpha value is -2.62. The van der Waals surface area contributed by atoms with Crippen molar-refractivity contribution in [1.29, 1.82) is 0 Å². The van der Waals surface area contributed by atoms with E-state index in [1.165, 1.54) is 12.5 Å². The summed E-state index contributed by atoms with van der Waals surface area (Å²) in [5.74, 6) is 0.0166. The lowest BCUT2D eigenvalue weighted by Crippen LogP contribution is -2.35. The third-order valence-electron chi connectivity index (χ3n) is 4.19. The monoisotopic (exact) mass is 308 g/mol. The highest BCUT2D eigenvalue weighted by Gasteiger charge is 2.24. The normalized spacial score (nSPS) is 12.8. The zero-order valence-corrected chi connectivity index (χ0v) is 13.2. The number of anilines is 2. The number of rotatable bonds is 4. The quantitative estimate of drug-likeness (QED) is 0.871. The number of hydrogen-bond acceptors (Lipinski definition) is 2. The maximum Gasteiger partial charge on any atom is 0.228 e. The minimum absolute atomic E-state index is 0.0502. The molecule has 0 saturated carbocycles. The van der Waals surface area contributed by atoms with E-state index >= 15 is 0 Å². The van der Waals surface area contributed by atoms with E-state index < -0.39 is 0 Å². The summed E-state index contributed by atoms with van der Waals surface area (Å²) in [4.78, 5) is 27.9. The molecular formula is C19H20N2O2. The molecule has 0 radical (unpaired) electrons. The molecule has 0 atom stereocenters. The molecule has 0 spiro atoms. The third kappa shape index (κ3) is 3.26. The number of nitrogens with zero attached hydrogens (tertiary/aromatic N) is 2. The third-order valence-corrected chi connectivity index (χ3v) is 4.19. The van der Waals surface area contributed by atoms with Crippen LogP contribution in [0, 0.1) is 0 Å². The Morgan fingerprint density at radius 1 is 1.04 bits per heavy atom. The summed E-state index contributed by atoms with van der Waals surface area (Å²) in [6.07, 6.45) is 1.22. The van der Waals surface area contributed by atoms with Crippen LogP contribution in [0.25, 0.3) is 0 Å². The fourth-order valence-corrected chi connectivity index (χ4v) is 3.02. The van der Waals surface area contributed by atoms with Crippen molar-refractivity contribution in [2.75, 3.05) is 22.9 Å². The average molecular weight is 308 g/mol. The van der Waals surface area contributed by atoms with Gasteiger partial charge in [-0.25, -0.2) is 0 Å². The van der Waals surface area contributed by atoms with E-state index in [0.717, 1.165) is 24.3 Å². The van der Waals surface area contributed by atoms with Crippen LogP contribution in [0.3, 0.4) is 0 Å². The molecule has 118 valence electrons. The highest BCUT2D eigenvalue weighted by molar-refractivity contribution is 5.97. The smallest absolute Gasteiger partial charge is 0.228 e. The molecule has 3 rings (SSSR count). The SMILES string of the molecule is CC(=O)N(CCC(=O)N1CCc2ccccc21)c1ccccc1. The summed E-state index contributed by atoms with van der Waals surface area (Å²) in [5.41, 5.74) is 3.05. The van der Waals surface area contributed by atoms with Crippen LogP contribution in [-0.2, 0) is 16.0 Å². The minimum atomic E-state index is -0.0502. The number of fused-ring (bicyclic) bond motifs is 1. The van der Waals surface area contributed by atoms with Gasteiger partial charge in [0.15, 0.2) is 0 Å². The molecule has 1 aliphatic rings. The molecule has 0 bridgehead atoms. The Balaban J connectivity index is 1.68. The Bertz CT molecular complexity index is 712. The second-order valence-electron chi connectivity index (χ2n) is 5.68. The van der Waals surface area contributed by atoms with Crippen LogP contribution in [0.15, 0.2) is 54.6 Å². The zero-order valence-electron chi connectivity index (χ0n) is 13.2. The molecule has 2 amide bonds. The molecule has 0 N–H and O–H groups in total. The summed E-state index contributed by atoms with van der Waals surface area (Å²) in [7, 11) is 0. The van der Waals surface area contributed by atoms with Gasteiger partial charge in [-0.05, 0) is 30.2 Å². The van der Waals surface area contributed by atoms with Crippen LogP contribution in [0.2, 0.25) is 0 Å². The fourth-order valence-electron chi connectivity index (χ4n) is 3.02. The number of carbonyl (C=O) groups excluding carboxylic acids is 2. The predicted octanol–water partition coefficient (Wildman–Crippen LogP) is 3.02. The summed E-state index contributed by atoms with van der Waals surface area (Å²) in [6, 6.07) is 17.5. The molecular weight excluding hydrogens is 288 g/mol. The summed E-state index contributed by atoms with van der Waals surface area (Å²) in [6.45, 7) is 2.66. The lowest BCUT2D eigenvalue weighted by Gasteiger charge is -2.23. The second kappa shape index (κ2) is 6.65. The van der Waals surface area contributed by atoms with Crippen LogP contribution < -0.4 is 9.80 Å². The molecule has 1 aliphatic heterocycles. The van der Waals surface area contributed by atoms with Crippen molar-refractivity contribution in [3.63, 3.8) is 0 Å². The molecule has 4 nitrogen and oxygen atoms in total. The Morgan fingerprint density at radius 3 is 2.48 bits per heavy atom. The van der Waals surface area contributed by atoms with Crippen molar-refractivity contribution in [2.45, 2.75) is 19.8 Å². The van der Waals surface area contributed by atoms with Gasteiger partial charge >= 0.3 is 0 Å². The van der Waals surface area contributed by atoms with Crippen LogP contribution in [0.1, 0.15) is 18.9 Å². The molecule has 4 heteroatoms. The first-order chi connectivity index (χ1) is 11.2. The van der Waals surface area contributed by atoms with Gasteiger partial charge in [-0.15, -0.1) is 0 Å². The van der Waals surface area contributed by atoms with Gasteiger partial charge in [0, 0.05) is 37.8 Å². The molecule has 1 heterocycles. The van der Waals surface area contributed by atoms with Crippen LogP contribution in [-0.4, -0.2) is 24.9 Å². The van der Waals surface area contributed by atoms with Gasteiger partial charge in [0.1, 0.15) is 0 Å². The Kier molecular flexibility index (Phi) is 4.42. The Morgan fingerprint density at radius 2 is 1.74 bits per heavy atom. The van der Waals surface area contributed by atoms with Gasteiger partial charge in [-0.3, -0.25) is 9.59 Å². The van der Waals surface area contributed by atoms with Gasteiger partial charge < -0.3 is 9.80 Å². The van der Waals surface area contributed by atoms with E-state index in [9.17, 15) is 9.59 Å². The van der Waals surface area contributed by atoms with Crippen molar-refractivity contribution in [3.05, 3.63) is 60.2 Å². The number of hydrogen-bond donors (Lipinski definition) is 0. The maximum absolute atomic E-state index is 12.6. The van der Waals surface area contributed by atoms with E-state index in [0.29, 0.717) is 13.0 Å². The second-order valence-corrected chi connectivity index (χ2v) is 5.68. The average Bonchev–Trinajstić information content (AvgIpc) is 2.99. The van der Waals surface area contributed by atoms with Gasteiger partial charge in [0.2, 0.25) is 11.8 Å². The van der Waals surface area contributed by atoms with Crippen LogP contribution >= 0.6 is 0 Å². The van der Waals surface area contributed by atoms with Crippen molar-refractivity contribution in [3.8, 4) is 0 Å². The first-order valence-electron chi connectivity index (χ1n) is 7.88. The highest BCUT2D eigenvalue weighted by atomic mass is 16.2. The molecule has 0 fully saturated rings. The van der Waals surface area contributed by atoms with Crippen LogP contribution in [0.4, 0.5) is 11.4 Å². The van der Waals surface area contributed by atoms with E-state index in [4.69, 9.17) is 0 Å². The first-order valence-corrected chi connectivity index (χ1v) is 7.88. The minimum Gasteiger partial charge on any atom is -0.312 e. The molecule has 0 aliphatic carbocycles. The molecule has 2 aromatic rings. The number of amides is 2. The molecule has 23 heavy (non-hydrogen) atoms. The van der Waals surface area contributed by atoms with Gasteiger partial charge in [-0.2, -0.15) is 0 Å². The standard InChI is InChI=1S/C19H20N2O2/c1-15(22)20(17-8-3-2-4-9-17)14-12-19(23)21-13-11-16-7-5-6-10-18(16)21/h2-10H,11-14H2,1H3. The summed E-state index contributed by atoms with van der Waals surface area (Å²) in [5, 5.41) is 0. The largest absolute Gasteiger partial charge is 0.312 e. The maximum atomic E-state index is 12.6. The lowest BCUT2D eigenvalue weighted by molar-refractivity contribution is -0.118. The highest BCUT2D eigenvalue weighted by Crippen LogP contribution is 2.28. The summed E-state index contributed by atoms with van der Waals surface area (Å²) >= 11 is 0. The van der Waals surface area contributed by atoms with Crippen molar-refractivity contribution < 1.29 is 9.59 Å². The number of carbonyl (C=O) groups is 2. The van der Waals surface area contributed by atoms with E-state index in [-0.39, 0.29) is 11.8 Å². The van der Waals surface area contributed by atoms with Gasteiger partial charge in [0.25, 0.3) is 0 Å². The Labute approximate surface area is 136 Å². The predicted molar refractivity (Wildman–Crippen MR) is 91.6 cm³/mol. The molecule has 0 aromatic heterocycles. The zero-order chi connectivity index (χ0) is 16.2. The topological polar surface area (TPSA) is 40.6 Å². The lowest BCUT2D eigenvalue weighted by atomic mass is 10.2. The van der Waals surface area contributed by atoms with Gasteiger partial charge in [-0.1, -0.05) is 36.4 Å². The molecule has 0 saturated heterocycles. The van der Waals surface area contributed by atoms with Crippen molar-refractivity contribution >= 4 is 23.2 Å². The van der Waals surface area contributed by atoms with E-state index in [1.807, 2.05) is 53.4 Å². The van der Waals surface area contributed by atoms with E-state index in [1.54, 1.807) is 4.90 Å². The van der Waals surface area contributed by atoms with Gasteiger partial charge in [0.05, 0.1) is 0 Å². The van der Waals surface area contributed by atoms with Crippen molar-refractivity contribution in [1.82, 2.24) is 0 Å². The molecule has 2 aromatic carbocycles.